The fourth-order valence-corrected chi connectivity index (χ4v) is 3.36. The fraction of sp³-hybridized carbons (Fsp3) is 0.750. The molecule has 0 saturated carbocycles. The van der Waals surface area contributed by atoms with Crippen LogP contribution < -0.4 is 4.90 Å². The predicted molar refractivity (Wildman–Crippen MR) is 68.4 cm³/mol. The third-order valence-electron chi connectivity index (χ3n) is 3.47. The molecule has 1 aliphatic rings. The molecule has 0 aromatic carbocycles. The van der Waals surface area contributed by atoms with Gasteiger partial charge in [-0.05, 0) is 19.3 Å². The zero-order valence-electron chi connectivity index (χ0n) is 10.7. The predicted octanol–water partition coefficient (Wildman–Crippen LogP) is 2.98. The molecule has 1 N–H and O–H groups in total. The Balaban J connectivity index is 2.03. The Hall–Kier alpha value is -0.820. The zero-order chi connectivity index (χ0) is 14.0. The normalized spacial score (nSPS) is 18.1. The van der Waals surface area contributed by atoms with Crippen LogP contribution >= 0.6 is 11.3 Å². The van der Waals surface area contributed by atoms with E-state index >= 15 is 0 Å². The molecule has 0 bridgehead atoms. The number of anilines is 1. The number of halogens is 3. The summed E-state index contributed by atoms with van der Waals surface area (Å²) in [5, 5.41) is 9.95. The van der Waals surface area contributed by atoms with Gasteiger partial charge >= 0.3 is 6.18 Å². The van der Waals surface area contributed by atoms with Crippen LogP contribution in [0.25, 0.3) is 0 Å². The van der Waals surface area contributed by atoms with Gasteiger partial charge < -0.3 is 10.0 Å². The summed E-state index contributed by atoms with van der Waals surface area (Å²) in [7, 11) is 0. The molecule has 0 amide bonds. The Morgan fingerprint density at radius 1 is 1.37 bits per heavy atom. The number of alkyl halides is 3. The molecule has 0 atom stereocenters. The molecule has 1 aliphatic heterocycles. The lowest BCUT2D eigenvalue weighted by Crippen LogP contribution is -2.38. The summed E-state index contributed by atoms with van der Waals surface area (Å²) in [6.07, 6.45) is -3.11. The average Bonchev–Trinajstić information content (AvgIpc) is 2.81. The van der Waals surface area contributed by atoms with Crippen molar-refractivity contribution in [1.82, 2.24) is 4.98 Å². The molecule has 0 spiro atoms. The van der Waals surface area contributed by atoms with Crippen molar-refractivity contribution in [2.45, 2.75) is 39.0 Å². The second kappa shape index (κ2) is 5.66. The minimum absolute atomic E-state index is 0.0557. The molecule has 1 aromatic heterocycles. The van der Waals surface area contributed by atoms with Gasteiger partial charge in [0.05, 0.1) is 23.1 Å². The number of aliphatic hydroxyl groups excluding tert-OH is 1. The van der Waals surface area contributed by atoms with Crippen molar-refractivity contribution in [3.63, 3.8) is 0 Å². The van der Waals surface area contributed by atoms with E-state index in [4.69, 9.17) is 0 Å². The van der Waals surface area contributed by atoms with Crippen molar-refractivity contribution >= 4 is 16.5 Å². The van der Waals surface area contributed by atoms with E-state index < -0.39 is 12.1 Å². The Kier molecular flexibility index (Phi) is 4.35. The first-order chi connectivity index (χ1) is 8.95. The van der Waals surface area contributed by atoms with Gasteiger partial charge in [-0.1, -0.05) is 18.3 Å². The summed E-state index contributed by atoms with van der Waals surface area (Å²) in [6.45, 7) is 2.66. The molecule has 0 unspecified atom stereocenters. The van der Waals surface area contributed by atoms with E-state index in [1.54, 1.807) is 0 Å². The maximum Gasteiger partial charge on any atom is 0.391 e. The van der Waals surface area contributed by atoms with E-state index in [-0.39, 0.29) is 19.4 Å². The van der Waals surface area contributed by atoms with E-state index in [2.05, 4.69) is 4.98 Å². The van der Waals surface area contributed by atoms with Gasteiger partial charge in [-0.2, -0.15) is 13.2 Å². The van der Waals surface area contributed by atoms with Crippen LogP contribution in [0, 0.1) is 5.92 Å². The highest BCUT2D eigenvalue weighted by Crippen LogP contribution is 2.36. The van der Waals surface area contributed by atoms with Crippen molar-refractivity contribution in [2.24, 2.45) is 5.92 Å². The first-order valence-electron chi connectivity index (χ1n) is 6.36. The number of rotatable bonds is 3. The Labute approximate surface area is 114 Å². The molecule has 0 aliphatic carbocycles. The van der Waals surface area contributed by atoms with Crippen LogP contribution in [0.15, 0.2) is 0 Å². The van der Waals surface area contributed by atoms with Crippen molar-refractivity contribution in [2.75, 3.05) is 18.0 Å². The number of aliphatic hydroxyl groups is 1. The van der Waals surface area contributed by atoms with Crippen molar-refractivity contribution in [3.05, 3.63) is 10.6 Å². The number of aryl methyl sites for hydroxylation is 1. The number of piperidine rings is 1. The summed E-state index contributed by atoms with van der Waals surface area (Å²) in [5.41, 5.74) is 0.848. The zero-order valence-corrected chi connectivity index (χ0v) is 11.5. The van der Waals surface area contributed by atoms with Crippen LogP contribution in [0.2, 0.25) is 0 Å². The second-order valence-corrected chi connectivity index (χ2v) is 5.74. The minimum Gasteiger partial charge on any atom is -0.391 e. The topological polar surface area (TPSA) is 36.4 Å². The summed E-state index contributed by atoms with van der Waals surface area (Å²) < 4.78 is 37.8. The molecule has 7 heteroatoms. The lowest BCUT2D eigenvalue weighted by molar-refractivity contribution is -0.179. The maximum absolute atomic E-state index is 12.6. The lowest BCUT2D eigenvalue weighted by atomic mass is 9.97. The van der Waals surface area contributed by atoms with Crippen molar-refractivity contribution < 1.29 is 18.3 Å². The summed E-state index contributed by atoms with van der Waals surface area (Å²) in [4.78, 5) is 7.12. The van der Waals surface area contributed by atoms with Gasteiger partial charge in [0.25, 0.3) is 0 Å². The number of aromatic nitrogens is 1. The first kappa shape index (κ1) is 14.6. The van der Waals surface area contributed by atoms with Crippen molar-refractivity contribution in [3.8, 4) is 0 Å². The van der Waals surface area contributed by atoms with E-state index in [9.17, 15) is 18.3 Å². The molecule has 1 aromatic rings. The number of hydrogen-bond acceptors (Lipinski definition) is 4. The summed E-state index contributed by atoms with van der Waals surface area (Å²) in [6, 6.07) is 0. The van der Waals surface area contributed by atoms with Gasteiger partial charge in [0.15, 0.2) is 5.13 Å². The minimum atomic E-state index is -4.08. The molecular weight excluding hydrogens is 277 g/mol. The molecule has 2 heterocycles. The lowest BCUT2D eigenvalue weighted by Gasteiger charge is -2.32. The summed E-state index contributed by atoms with van der Waals surface area (Å²) in [5.74, 6) is -1.19. The van der Waals surface area contributed by atoms with Crippen LogP contribution in [0.5, 0.6) is 0 Å². The van der Waals surface area contributed by atoms with E-state index in [0.717, 1.165) is 22.1 Å². The third kappa shape index (κ3) is 3.20. The highest BCUT2D eigenvalue weighted by Gasteiger charge is 2.41. The fourth-order valence-electron chi connectivity index (χ4n) is 2.30. The molecule has 0 radical (unpaired) electrons. The standard InChI is InChI=1S/C12H17F3N2OS/c1-2-9-10(7-18)19-11(16-9)17-5-3-8(4-6-17)12(13,14)15/h8,18H,2-7H2,1H3. The molecule has 1 saturated heterocycles. The average molecular weight is 294 g/mol. The Morgan fingerprint density at radius 3 is 2.42 bits per heavy atom. The third-order valence-corrected chi connectivity index (χ3v) is 4.62. The second-order valence-electron chi connectivity index (χ2n) is 4.68. The maximum atomic E-state index is 12.6. The van der Waals surface area contributed by atoms with E-state index in [1.807, 2.05) is 11.8 Å². The Bertz CT molecular complexity index is 404. The van der Waals surface area contributed by atoms with Gasteiger partial charge in [0.2, 0.25) is 0 Å². The van der Waals surface area contributed by atoms with Crippen LogP contribution in [-0.2, 0) is 13.0 Å². The monoisotopic (exact) mass is 294 g/mol. The van der Waals surface area contributed by atoms with Crippen LogP contribution in [-0.4, -0.2) is 29.4 Å². The van der Waals surface area contributed by atoms with Gasteiger partial charge in [0.1, 0.15) is 0 Å². The SMILES string of the molecule is CCc1nc(N2CCC(C(F)(F)F)CC2)sc1CO. The van der Waals surface area contributed by atoms with Crippen molar-refractivity contribution in [1.29, 1.82) is 0 Å². The van der Waals surface area contributed by atoms with Gasteiger partial charge in [0, 0.05) is 13.1 Å². The summed E-state index contributed by atoms with van der Waals surface area (Å²) >= 11 is 1.38. The molecule has 3 nitrogen and oxygen atoms in total. The van der Waals surface area contributed by atoms with Crippen LogP contribution in [0.4, 0.5) is 18.3 Å². The molecule has 108 valence electrons. The molecular formula is C12H17F3N2OS. The van der Waals surface area contributed by atoms with E-state index in [1.165, 1.54) is 11.3 Å². The quantitative estimate of drug-likeness (QED) is 0.931. The molecule has 1 fully saturated rings. The smallest absolute Gasteiger partial charge is 0.391 e. The Morgan fingerprint density at radius 2 is 2.00 bits per heavy atom. The number of thiazole rings is 1. The highest BCUT2D eigenvalue weighted by molar-refractivity contribution is 7.15. The largest absolute Gasteiger partial charge is 0.391 e. The van der Waals surface area contributed by atoms with Gasteiger partial charge in [-0.3, -0.25) is 0 Å². The number of hydrogen-bond donors (Lipinski definition) is 1. The molecule has 19 heavy (non-hydrogen) atoms. The van der Waals surface area contributed by atoms with Crippen LogP contribution in [0.3, 0.4) is 0 Å². The number of nitrogens with zero attached hydrogens (tertiary/aromatic N) is 2. The molecule has 2 rings (SSSR count). The van der Waals surface area contributed by atoms with Gasteiger partial charge in [-0.15, -0.1) is 0 Å². The van der Waals surface area contributed by atoms with Crippen LogP contribution in [0.1, 0.15) is 30.3 Å². The highest BCUT2D eigenvalue weighted by atomic mass is 32.1. The van der Waals surface area contributed by atoms with Gasteiger partial charge in [-0.25, -0.2) is 4.98 Å². The first-order valence-corrected chi connectivity index (χ1v) is 7.18. The van der Waals surface area contributed by atoms with E-state index in [0.29, 0.717) is 13.1 Å².